The molecule has 590 valence electrons. The maximum atomic E-state index is 12.9. The topological polar surface area (TPSA) is 227 Å². The van der Waals surface area contributed by atoms with Gasteiger partial charge in [0.25, 0.3) is 0 Å². The van der Waals surface area contributed by atoms with Gasteiger partial charge in [0.2, 0.25) is 11.5 Å². The van der Waals surface area contributed by atoms with Crippen molar-refractivity contribution in [2.75, 3.05) is 87.7 Å². The molecular weight excluding hydrogens is 1710 g/mol. The summed E-state index contributed by atoms with van der Waals surface area (Å²) in [5.74, 6) is 5.07. The van der Waals surface area contributed by atoms with Crippen LogP contribution in [0.4, 0.5) is 46.0 Å². The number of anilines is 3. The molecule has 0 radical (unpaired) electrons. The molecule has 28 heteroatoms. The summed E-state index contributed by atoms with van der Waals surface area (Å²) in [6, 6.07) is 63.4. The summed E-state index contributed by atoms with van der Waals surface area (Å²) >= 11 is -0.177. The van der Waals surface area contributed by atoms with Crippen molar-refractivity contribution in [3.63, 3.8) is 0 Å². The predicted octanol–water partition coefficient (Wildman–Crippen LogP) is 21.4. The number of alkyl halides is 3. The molecule has 0 heterocycles. The van der Waals surface area contributed by atoms with Crippen LogP contribution in [0.3, 0.4) is 0 Å². The van der Waals surface area contributed by atoms with Crippen LogP contribution in [0.5, 0.6) is 57.5 Å². The van der Waals surface area contributed by atoms with Gasteiger partial charge in [0.05, 0.1) is 39.2 Å². The predicted molar refractivity (Wildman–Crippen MR) is 454 cm³/mol. The second-order valence-electron chi connectivity index (χ2n) is 26.3. The quantitative estimate of drug-likeness (QED) is 0.0114. The molecule has 111 heavy (non-hydrogen) atoms. The van der Waals surface area contributed by atoms with Crippen molar-refractivity contribution in [3.05, 3.63) is 305 Å². The third kappa shape index (κ3) is 34.1. The average molecular weight is 1800 g/mol. The van der Waals surface area contributed by atoms with E-state index in [-0.39, 0.29) is 40.5 Å². The van der Waals surface area contributed by atoms with Crippen LogP contribution < -0.4 is 40.9 Å². The molecule has 0 saturated heterocycles. The van der Waals surface area contributed by atoms with Gasteiger partial charge in [-0.05, 0) is 207 Å². The number of nitrogens with two attached hydrogens (primary N) is 3. The van der Waals surface area contributed by atoms with Gasteiger partial charge in [0, 0.05) is 82.7 Å². The van der Waals surface area contributed by atoms with E-state index < -0.39 is 44.7 Å². The Kier molecular flexibility index (Phi) is 38.8. The first-order valence-corrected chi connectivity index (χ1v) is 47.9. The van der Waals surface area contributed by atoms with Crippen LogP contribution in [-0.4, -0.2) is 127 Å². The minimum atomic E-state index is -4.26. The normalized spacial score (nSPS) is 10.8. The zero-order chi connectivity index (χ0) is 82.1. The van der Waals surface area contributed by atoms with E-state index in [0.29, 0.717) is 71.1 Å². The number of hydrogen-bond donors (Lipinski definition) is 3. The van der Waals surface area contributed by atoms with Gasteiger partial charge in [-0.2, -0.15) is 13.2 Å². The van der Waals surface area contributed by atoms with Gasteiger partial charge in [0.15, 0.2) is 0 Å². The van der Waals surface area contributed by atoms with Gasteiger partial charge < -0.3 is 65.4 Å². The van der Waals surface area contributed by atoms with Crippen LogP contribution in [-0.2, 0) is 45.6 Å². The van der Waals surface area contributed by atoms with Crippen LogP contribution in [0.1, 0.15) is 50.1 Å². The molecule has 6 N–H and O–H groups in total. The summed E-state index contributed by atoms with van der Waals surface area (Å²) < 4.78 is 80.3. The van der Waals surface area contributed by atoms with Crippen LogP contribution in [0.15, 0.2) is 231 Å². The Hall–Kier alpha value is -9.20. The Morgan fingerprint density at radius 2 is 0.748 bits per heavy atom. The second kappa shape index (κ2) is 46.6. The number of ether oxygens (including phenoxy) is 5. The first-order valence-electron chi connectivity index (χ1n) is 34.3. The molecule has 0 spiro atoms. The van der Waals surface area contributed by atoms with Crippen LogP contribution in [0.2, 0.25) is 0 Å². The number of aryl methyl sites for hydroxylation is 1. The molecule has 10 aromatic rings. The van der Waals surface area contributed by atoms with Crippen molar-refractivity contribution in [1.82, 2.24) is 24.5 Å². The number of rotatable bonds is 26. The molecule has 0 unspecified atom stereocenters. The van der Waals surface area contributed by atoms with Crippen molar-refractivity contribution in [2.45, 2.75) is 58.7 Å². The number of nitrogens with zero attached hydrogens (tertiary/aromatic N) is 7. The van der Waals surface area contributed by atoms with Crippen LogP contribution in [0.25, 0.3) is 6.08 Å². The molecule has 19 nitrogen and oxygen atoms in total. The van der Waals surface area contributed by atoms with E-state index in [9.17, 15) is 37.8 Å². The number of nitrogen functional groups attached to an aromatic ring is 3. The molecular formula is C83H94Cl3F4IN10O9Sn. The van der Waals surface area contributed by atoms with Crippen molar-refractivity contribution >= 4 is 100 Å². The molecule has 10 rings (SSSR count). The first-order chi connectivity index (χ1) is 52.5. The standard InChI is InChI=1S/C18H19FN2O3.C17H19F3N2O.C17H20N2O.C16H20N2O.C15H15IN2O3.3ClH.Sn.H/c1-13(19)10-14-8-9-18(16(11-14)21(22)23)24-17-7-5-4-6-15(17)12-20(2)3;1-22(2)11-13-5-3-4-6-15(13)23-16-8-7-12(9-14(16)21)10-17(18,19)20;1-4-13-9-10-17(15(18)11-13)20-16-8-6-5-7-14(16)12-19(2)3;1-12-8-9-16(14(17)10-12)19-15-7-5-4-6-13(15)11-18(2)3;1-17(2)10-11-5-3-4-6-14(11)21-15-8-7-12(16)9-13(15)18(19)20;;;;;/h4-9,11H,1,10,12H2,2-3H3;3-9H,10-11,21H2,1-2H3;4-11H,1,12,18H2,2-3H3;4-10H,11,17H2,1-3H3;3-9H,10H2,1-2H3;3*1H;;/q;;;;;;;;+3;/p-3. The summed E-state index contributed by atoms with van der Waals surface area (Å²) in [5, 5.41) is 22.5. The van der Waals surface area contributed by atoms with Gasteiger partial charge in [-0.3, -0.25) is 20.2 Å². The van der Waals surface area contributed by atoms with E-state index in [4.69, 9.17) is 67.6 Å². The van der Waals surface area contributed by atoms with E-state index >= 15 is 0 Å². The molecule has 0 saturated carbocycles. The number of nitro groups is 2. The maximum absolute atomic E-state index is 12.9. The Morgan fingerprint density at radius 3 is 1.06 bits per heavy atom. The van der Waals surface area contributed by atoms with Crippen molar-refractivity contribution in [3.8, 4) is 57.5 Å². The second-order valence-corrected chi connectivity index (χ2v) is 42.3. The van der Waals surface area contributed by atoms with Crippen LogP contribution >= 0.6 is 49.4 Å². The summed E-state index contributed by atoms with van der Waals surface area (Å²) in [7, 11) is 34.9. The first kappa shape index (κ1) is 92.4. The zero-order valence-corrected chi connectivity index (χ0v) is 71.5. The Bertz CT molecular complexity index is 4680. The van der Waals surface area contributed by atoms with Gasteiger partial charge >= 0.3 is 60.7 Å². The van der Waals surface area contributed by atoms with Crippen LogP contribution in [0, 0.1) is 30.7 Å². The third-order valence-corrected chi connectivity index (χ3v) is 15.7. The third-order valence-electron chi connectivity index (χ3n) is 15.0. The average Bonchev–Trinajstić information content (AvgIpc) is 0.837. The monoisotopic (exact) mass is 1800 g/mol. The van der Waals surface area contributed by atoms with Gasteiger partial charge in [0.1, 0.15) is 46.0 Å². The number of halogens is 8. The number of benzene rings is 10. The van der Waals surface area contributed by atoms with Crippen molar-refractivity contribution in [1.29, 1.82) is 0 Å². The summed E-state index contributed by atoms with van der Waals surface area (Å²) in [6.45, 7) is 12.6. The molecule has 0 aliphatic heterocycles. The fourth-order valence-corrected chi connectivity index (χ4v) is 10.9. The van der Waals surface area contributed by atoms with E-state index in [1.807, 2.05) is 254 Å². The van der Waals surface area contributed by atoms with E-state index in [1.165, 1.54) is 36.4 Å². The fraction of sp³-hybridized carbons (Fsp3) is 0.229. The number of hydrogen-bond acceptors (Lipinski definition) is 17. The van der Waals surface area contributed by atoms with E-state index in [0.717, 1.165) is 67.1 Å². The molecule has 0 amide bonds. The Morgan fingerprint density at radius 1 is 0.450 bits per heavy atom. The molecule has 0 fully saturated rings. The Balaban J connectivity index is 0.000000245. The molecule has 0 bridgehead atoms. The number of para-hydroxylation sites is 5. The number of allylic oxidation sites excluding steroid dienone is 1. The summed E-state index contributed by atoms with van der Waals surface area (Å²) in [5.41, 5.74) is 26.9. The summed E-state index contributed by atoms with van der Waals surface area (Å²) in [6.07, 6.45) is -3.56. The fourth-order valence-electron chi connectivity index (χ4n) is 10.4. The molecule has 0 atom stereocenters. The SMILES string of the molecule is C=C(F)Cc1ccc(Oc2ccccc2CN(C)C)c([N+](=O)[O-])c1.C=Cc1ccc(Oc2ccccc2CN(C)C)c(N)c1.CN(C)Cc1ccccc1Oc1ccc(CC(F)(F)F)cc1N.CN(C)Cc1ccccc1Oc1ccc(I)cc1[N+](=O)[O-].Cc1ccc(Oc2ccccc2CN(C)C)c(N)c1.[Cl][SnH]([Cl])[Cl]. The number of nitro benzene ring substituents is 2. The van der Waals surface area contributed by atoms with E-state index in [2.05, 4.69) is 35.1 Å². The van der Waals surface area contributed by atoms with Gasteiger partial charge in [-0.15, -0.1) is 0 Å². The van der Waals surface area contributed by atoms with Gasteiger partial charge in [-0.25, -0.2) is 4.39 Å². The van der Waals surface area contributed by atoms with E-state index in [1.54, 1.807) is 30.3 Å². The molecule has 0 aromatic heterocycles. The molecule has 10 aromatic carbocycles. The van der Waals surface area contributed by atoms with Crippen molar-refractivity contribution < 1.29 is 51.1 Å². The van der Waals surface area contributed by atoms with Crippen molar-refractivity contribution in [2.24, 2.45) is 0 Å². The molecule has 0 aliphatic carbocycles. The molecule has 0 aliphatic rings. The minimum absolute atomic E-state index is 0.0263. The Labute approximate surface area is 679 Å². The zero-order valence-electron chi connectivity index (χ0n) is 63.8. The summed E-state index contributed by atoms with van der Waals surface area (Å²) in [4.78, 5) is 31.7. The van der Waals surface area contributed by atoms with Gasteiger partial charge in [-0.1, -0.05) is 134 Å².